The summed E-state index contributed by atoms with van der Waals surface area (Å²) >= 11 is 0. The average molecular weight is 342 g/mol. The monoisotopic (exact) mass is 342 g/mol. The molecule has 0 aliphatic carbocycles. The lowest BCUT2D eigenvalue weighted by atomic mass is 10.1. The lowest BCUT2D eigenvalue weighted by Gasteiger charge is -2.35. The van der Waals surface area contributed by atoms with Crippen LogP contribution in [0.25, 0.3) is 0 Å². The Morgan fingerprint density at radius 2 is 2.08 bits per heavy atom. The molecule has 8 heteroatoms. The van der Waals surface area contributed by atoms with Gasteiger partial charge in [0.2, 0.25) is 0 Å². The first-order valence-electron chi connectivity index (χ1n) is 8.69. The molecule has 0 saturated carbocycles. The van der Waals surface area contributed by atoms with Crippen LogP contribution in [0.2, 0.25) is 0 Å². The highest BCUT2D eigenvalue weighted by molar-refractivity contribution is 5.92. The highest BCUT2D eigenvalue weighted by Gasteiger charge is 2.31. The van der Waals surface area contributed by atoms with Crippen LogP contribution in [0.15, 0.2) is 30.9 Å². The predicted octanol–water partition coefficient (Wildman–Crippen LogP) is 0.420. The molecule has 2 aliphatic rings. The second-order valence-corrected chi connectivity index (χ2v) is 6.42. The molecule has 2 aromatic rings. The minimum absolute atomic E-state index is 0.0685. The van der Waals surface area contributed by atoms with Crippen LogP contribution >= 0.6 is 0 Å². The molecule has 0 radical (unpaired) electrons. The first-order chi connectivity index (χ1) is 12.3. The van der Waals surface area contributed by atoms with Gasteiger partial charge in [0.25, 0.3) is 5.91 Å². The van der Waals surface area contributed by atoms with Crippen LogP contribution in [0.1, 0.15) is 22.6 Å². The van der Waals surface area contributed by atoms with E-state index < -0.39 is 0 Å². The number of carbonyl (C=O) groups excluding carboxylic acids is 1. The zero-order chi connectivity index (χ0) is 17.1. The molecule has 0 spiro atoms. The van der Waals surface area contributed by atoms with E-state index in [-0.39, 0.29) is 11.9 Å². The van der Waals surface area contributed by atoms with Gasteiger partial charge in [-0.25, -0.2) is 4.98 Å². The van der Waals surface area contributed by atoms with Crippen molar-refractivity contribution < 1.29 is 9.53 Å². The van der Waals surface area contributed by atoms with Gasteiger partial charge in [0.15, 0.2) is 0 Å². The van der Waals surface area contributed by atoms with Gasteiger partial charge < -0.3 is 9.64 Å². The largest absolute Gasteiger partial charge is 0.379 e. The van der Waals surface area contributed by atoms with E-state index in [0.29, 0.717) is 12.2 Å². The molecule has 1 amide bonds. The molecule has 0 aromatic carbocycles. The Balaban J connectivity index is 1.58. The Kier molecular flexibility index (Phi) is 4.71. The van der Waals surface area contributed by atoms with Gasteiger partial charge in [0, 0.05) is 50.8 Å². The van der Waals surface area contributed by atoms with E-state index in [9.17, 15) is 4.79 Å². The number of morpholine rings is 1. The number of aryl methyl sites for hydroxylation is 1. The molecule has 0 bridgehead atoms. The van der Waals surface area contributed by atoms with Gasteiger partial charge in [0.05, 0.1) is 31.6 Å². The van der Waals surface area contributed by atoms with Gasteiger partial charge in [-0.2, -0.15) is 5.10 Å². The Morgan fingerprint density at radius 3 is 2.88 bits per heavy atom. The molecule has 0 N–H and O–H groups in total. The fourth-order valence-corrected chi connectivity index (χ4v) is 3.49. The lowest BCUT2D eigenvalue weighted by Crippen LogP contribution is -2.49. The molecule has 2 aliphatic heterocycles. The van der Waals surface area contributed by atoms with E-state index in [1.165, 1.54) is 6.20 Å². The molecular formula is C17H22N6O2. The molecular weight excluding hydrogens is 320 g/mol. The Hall–Kier alpha value is -2.32. The van der Waals surface area contributed by atoms with Gasteiger partial charge in [-0.15, -0.1) is 0 Å². The topological polar surface area (TPSA) is 76.4 Å². The van der Waals surface area contributed by atoms with E-state index in [2.05, 4.69) is 20.0 Å². The van der Waals surface area contributed by atoms with Crippen molar-refractivity contribution in [2.45, 2.75) is 25.6 Å². The Bertz CT molecular complexity index is 713. The van der Waals surface area contributed by atoms with Crippen molar-refractivity contribution in [3.63, 3.8) is 0 Å². The van der Waals surface area contributed by atoms with Crippen molar-refractivity contribution in [1.82, 2.24) is 29.5 Å². The highest BCUT2D eigenvalue weighted by atomic mass is 16.5. The number of hydrogen-bond acceptors (Lipinski definition) is 6. The van der Waals surface area contributed by atoms with E-state index in [1.54, 1.807) is 18.6 Å². The molecule has 8 nitrogen and oxygen atoms in total. The number of ether oxygens (including phenoxy) is 1. The molecule has 2 aromatic heterocycles. The van der Waals surface area contributed by atoms with Gasteiger partial charge in [-0.05, 0) is 12.5 Å². The number of carbonyl (C=O) groups is 1. The highest BCUT2D eigenvalue weighted by Crippen LogP contribution is 2.20. The van der Waals surface area contributed by atoms with Crippen LogP contribution in [0, 0.1) is 0 Å². The van der Waals surface area contributed by atoms with Crippen LogP contribution in [0.4, 0.5) is 0 Å². The van der Waals surface area contributed by atoms with Crippen molar-refractivity contribution in [2.75, 3.05) is 32.8 Å². The summed E-state index contributed by atoms with van der Waals surface area (Å²) in [6.45, 7) is 5.55. The molecule has 4 heterocycles. The Morgan fingerprint density at radius 1 is 1.20 bits per heavy atom. The first kappa shape index (κ1) is 16.2. The minimum Gasteiger partial charge on any atom is -0.379 e. The van der Waals surface area contributed by atoms with Crippen molar-refractivity contribution in [3.8, 4) is 0 Å². The molecule has 4 rings (SSSR count). The number of fused-ring (bicyclic) bond motifs is 1. The number of rotatable bonds is 3. The minimum atomic E-state index is -0.0685. The van der Waals surface area contributed by atoms with Crippen molar-refractivity contribution in [3.05, 3.63) is 42.2 Å². The Labute approximate surface area is 146 Å². The van der Waals surface area contributed by atoms with Crippen LogP contribution in [0.5, 0.6) is 0 Å². The number of nitrogens with zero attached hydrogens (tertiary/aromatic N) is 6. The second-order valence-electron chi connectivity index (χ2n) is 6.42. The third kappa shape index (κ3) is 3.54. The molecule has 0 unspecified atom stereocenters. The van der Waals surface area contributed by atoms with E-state index in [0.717, 1.165) is 51.5 Å². The van der Waals surface area contributed by atoms with Crippen molar-refractivity contribution in [1.29, 1.82) is 0 Å². The van der Waals surface area contributed by atoms with E-state index in [4.69, 9.17) is 4.74 Å². The third-order valence-corrected chi connectivity index (χ3v) is 4.87. The van der Waals surface area contributed by atoms with Crippen molar-refractivity contribution in [2.24, 2.45) is 0 Å². The summed E-state index contributed by atoms with van der Waals surface area (Å²) < 4.78 is 7.44. The lowest BCUT2D eigenvalue weighted by molar-refractivity contribution is 0.0201. The molecule has 25 heavy (non-hydrogen) atoms. The normalized spacial score (nSPS) is 21.6. The van der Waals surface area contributed by atoms with Crippen molar-refractivity contribution >= 4 is 5.91 Å². The molecule has 1 fully saturated rings. The summed E-state index contributed by atoms with van der Waals surface area (Å²) in [6, 6.07) is 2.10. The number of aromatic nitrogens is 4. The van der Waals surface area contributed by atoms with Crippen LogP contribution in [0.3, 0.4) is 0 Å². The maximum Gasteiger partial charge on any atom is 0.274 e. The molecule has 132 valence electrons. The SMILES string of the molecule is O=C(c1cnccn1)N1Cc2ccnn2CC[C@H]1CN1CCOCC1. The zero-order valence-corrected chi connectivity index (χ0v) is 14.1. The van der Waals surface area contributed by atoms with Crippen LogP contribution in [-0.2, 0) is 17.8 Å². The number of hydrogen-bond donors (Lipinski definition) is 0. The quantitative estimate of drug-likeness (QED) is 0.805. The maximum atomic E-state index is 13.1. The summed E-state index contributed by atoms with van der Waals surface area (Å²) in [7, 11) is 0. The third-order valence-electron chi connectivity index (χ3n) is 4.87. The van der Waals surface area contributed by atoms with Crippen LogP contribution in [-0.4, -0.2) is 74.3 Å². The van der Waals surface area contributed by atoms with Gasteiger partial charge >= 0.3 is 0 Å². The predicted molar refractivity (Wildman–Crippen MR) is 89.8 cm³/mol. The summed E-state index contributed by atoms with van der Waals surface area (Å²) in [5.41, 5.74) is 1.45. The summed E-state index contributed by atoms with van der Waals surface area (Å²) in [5.74, 6) is -0.0685. The maximum absolute atomic E-state index is 13.1. The summed E-state index contributed by atoms with van der Waals surface area (Å²) in [4.78, 5) is 25.6. The molecule has 1 atom stereocenters. The standard InChI is InChI=1S/C17H22N6O2/c24-17(16-11-18-4-5-19-16)22-13-15-1-3-20-23(15)6-2-14(22)12-21-7-9-25-10-8-21/h1,3-5,11,14H,2,6-10,12-13H2/t14-/m0/s1. The van der Waals surface area contributed by atoms with Gasteiger partial charge in [-0.3, -0.25) is 19.4 Å². The fraction of sp³-hybridized carbons (Fsp3) is 0.529. The fourth-order valence-electron chi connectivity index (χ4n) is 3.49. The number of amides is 1. The molecule has 1 saturated heterocycles. The smallest absolute Gasteiger partial charge is 0.274 e. The first-order valence-corrected chi connectivity index (χ1v) is 8.69. The van der Waals surface area contributed by atoms with Crippen LogP contribution < -0.4 is 0 Å². The average Bonchev–Trinajstić information content (AvgIpc) is 3.04. The summed E-state index contributed by atoms with van der Waals surface area (Å²) in [5, 5.41) is 4.38. The van der Waals surface area contributed by atoms with Gasteiger partial charge in [-0.1, -0.05) is 0 Å². The second kappa shape index (κ2) is 7.28. The van der Waals surface area contributed by atoms with Gasteiger partial charge in [0.1, 0.15) is 5.69 Å². The van der Waals surface area contributed by atoms with E-state index in [1.807, 2.05) is 15.6 Å². The zero-order valence-electron chi connectivity index (χ0n) is 14.1. The summed E-state index contributed by atoms with van der Waals surface area (Å²) in [6.07, 6.45) is 7.35. The van der Waals surface area contributed by atoms with E-state index >= 15 is 0 Å².